The Morgan fingerprint density at radius 3 is 2.55 bits per heavy atom. The fourth-order valence-electron chi connectivity index (χ4n) is 0.393. The van der Waals surface area contributed by atoms with Gasteiger partial charge in [-0.3, -0.25) is 0 Å². The van der Waals surface area contributed by atoms with E-state index < -0.39 is 18.0 Å². The summed E-state index contributed by atoms with van der Waals surface area (Å²) in [5.41, 5.74) is 4.93. The van der Waals surface area contributed by atoms with E-state index in [1.54, 1.807) is 6.92 Å². The average Bonchev–Trinajstić information content (AvgIpc) is 1.98. The van der Waals surface area contributed by atoms with Crippen LogP contribution in [-0.4, -0.2) is 29.7 Å². The molecule has 1 atom stereocenters. The smallest absolute Gasteiger partial charge is 0.334 e. The first kappa shape index (κ1) is 9.90. The van der Waals surface area contributed by atoms with Crippen molar-refractivity contribution in [2.45, 2.75) is 19.4 Å². The van der Waals surface area contributed by atoms with Gasteiger partial charge in [0.25, 0.3) is 0 Å². The fourth-order valence-corrected chi connectivity index (χ4v) is 0.393. The molecule has 0 aromatic heterocycles. The molecule has 0 amide bonds. The van der Waals surface area contributed by atoms with Crippen molar-refractivity contribution in [1.82, 2.24) is 0 Å². The van der Waals surface area contributed by atoms with Crippen molar-refractivity contribution in [3.05, 3.63) is 0 Å². The topological polar surface area (TPSA) is 89.6 Å². The highest BCUT2D eigenvalue weighted by Gasteiger charge is 2.22. The third-order valence-corrected chi connectivity index (χ3v) is 0.968. The van der Waals surface area contributed by atoms with E-state index in [2.05, 4.69) is 4.74 Å². The number of nitrogens with two attached hydrogens (primary N) is 1. The van der Waals surface area contributed by atoms with Crippen LogP contribution in [0.15, 0.2) is 0 Å². The fraction of sp³-hybridized carbons (Fsp3) is 0.667. The SMILES string of the molecule is CCCOC(=O)[C@@H](N)C(=O)O. The molecule has 0 bridgehead atoms. The quantitative estimate of drug-likeness (QED) is 0.422. The Bertz CT molecular complexity index is 157. The van der Waals surface area contributed by atoms with Crippen molar-refractivity contribution >= 4 is 11.9 Å². The van der Waals surface area contributed by atoms with Gasteiger partial charge >= 0.3 is 11.9 Å². The summed E-state index contributed by atoms with van der Waals surface area (Å²) in [5, 5.41) is 8.23. The molecule has 5 nitrogen and oxygen atoms in total. The molecular weight excluding hydrogens is 150 g/mol. The molecule has 0 saturated carbocycles. The van der Waals surface area contributed by atoms with Gasteiger partial charge in [0.05, 0.1) is 6.61 Å². The largest absolute Gasteiger partial charge is 0.480 e. The molecule has 0 heterocycles. The summed E-state index contributed by atoms with van der Waals surface area (Å²) in [6.07, 6.45) is 0.651. The van der Waals surface area contributed by atoms with Gasteiger partial charge in [-0.05, 0) is 6.42 Å². The number of ether oxygens (including phenoxy) is 1. The maximum atomic E-state index is 10.6. The van der Waals surface area contributed by atoms with Gasteiger partial charge in [0.2, 0.25) is 6.04 Å². The molecule has 0 aliphatic carbocycles. The van der Waals surface area contributed by atoms with Gasteiger partial charge in [-0.2, -0.15) is 0 Å². The summed E-state index contributed by atoms with van der Waals surface area (Å²) in [5.74, 6) is -2.26. The van der Waals surface area contributed by atoms with Crippen LogP contribution in [0.5, 0.6) is 0 Å². The number of carboxylic acids is 1. The van der Waals surface area contributed by atoms with Gasteiger partial charge in [-0.1, -0.05) is 6.92 Å². The second kappa shape index (κ2) is 4.68. The van der Waals surface area contributed by atoms with Crippen LogP contribution in [0.4, 0.5) is 0 Å². The first-order valence-electron chi connectivity index (χ1n) is 3.24. The Balaban J connectivity index is 3.74. The van der Waals surface area contributed by atoms with Crippen LogP contribution in [-0.2, 0) is 14.3 Å². The predicted molar refractivity (Wildman–Crippen MR) is 36.9 cm³/mol. The summed E-state index contributed by atoms with van der Waals surface area (Å²) in [6, 6.07) is -1.55. The Morgan fingerprint density at radius 2 is 2.18 bits per heavy atom. The minimum absolute atomic E-state index is 0.208. The lowest BCUT2D eigenvalue weighted by Crippen LogP contribution is -2.39. The summed E-state index contributed by atoms with van der Waals surface area (Å²) in [7, 11) is 0. The van der Waals surface area contributed by atoms with Gasteiger partial charge in [0.1, 0.15) is 0 Å². The second-order valence-electron chi connectivity index (χ2n) is 1.98. The van der Waals surface area contributed by atoms with E-state index in [0.29, 0.717) is 6.42 Å². The Kier molecular flexibility index (Phi) is 4.21. The summed E-state index contributed by atoms with van der Waals surface area (Å²) >= 11 is 0. The number of esters is 1. The lowest BCUT2D eigenvalue weighted by molar-refractivity contribution is -0.153. The molecule has 0 aliphatic rings. The predicted octanol–water partition coefficient (Wildman–Crippen LogP) is -0.648. The molecule has 64 valence electrons. The van der Waals surface area contributed by atoms with E-state index in [1.165, 1.54) is 0 Å². The third kappa shape index (κ3) is 3.57. The lowest BCUT2D eigenvalue weighted by atomic mass is 10.3. The van der Waals surface area contributed by atoms with Crippen molar-refractivity contribution in [3.63, 3.8) is 0 Å². The minimum atomic E-state index is -1.55. The number of carboxylic acid groups (broad SMARTS) is 1. The normalized spacial score (nSPS) is 12.2. The van der Waals surface area contributed by atoms with Gasteiger partial charge in [-0.15, -0.1) is 0 Å². The first-order valence-corrected chi connectivity index (χ1v) is 3.24. The molecule has 5 heteroatoms. The van der Waals surface area contributed by atoms with E-state index in [4.69, 9.17) is 10.8 Å². The molecule has 0 radical (unpaired) electrons. The lowest BCUT2D eigenvalue weighted by Gasteiger charge is -2.05. The minimum Gasteiger partial charge on any atom is -0.480 e. The highest BCUT2D eigenvalue weighted by molar-refractivity contribution is 5.97. The maximum absolute atomic E-state index is 10.6. The summed E-state index contributed by atoms with van der Waals surface area (Å²) < 4.78 is 4.47. The molecule has 3 N–H and O–H groups in total. The summed E-state index contributed by atoms with van der Waals surface area (Å²) in [6.45, 7) is 2.01. The molecular formula is C6H11NO4. The first-order chi connectivity index (χ1) is 5.09. The van der Waals surface area contributed by atoms with Crippen LogP contribution in [0.3, 0.4) is 0 Å². The molecule has 0 rings (SSSR count). The number of carbonyl (C=O) groups excluding carboxylic acids is 1. The van der Waals surface area contributed by atoms with Gasteiger partial charge in [0, 0.05) is 0 Å². The van der Waals surface area contributed by atoms with Crippen LogP contribution < -0.4 is 5.73 Å². The van der Waals surface area contributed by atoms with Crippen molar-refractivity contribution in [2.75, 3.05) is 6.61 Å². The maximum Gasteiger partial charge on any atom is 0.334 e. The van der Waals surface area contributed by atoms with Crippen LogP contribution in [0, 0.1) is 0 Å². The highest BCUT2D eigenvalue weighted by Crippen LogP contribution is 1.87. The molecule has 0 aromatic carbocycles. The number of rotatable bonds is 4. The standard InChI is InChI=1S/C6H11NO4/c1-2-3-11-6(10)4(7)5(8)9/h4H,2-3,7H2,1H3,(H,8,9)/t4-/m0/s1. The molecule has 0 spiro atoms. The zero-order chi connectivity index (χ0) is 8.85. The molecule has 0 aliphatic heterocycles. The molecule has 11 heavy (non-hydrogen) atoms. The van der Waals surface area contributed by atoms with Crippen molar-refractivity contribution in [1.29, 1.82) is 0 Å². The molecule has 0 saturated heterocycles. The van der Waals surface area contributed by atoms with Gasteiger partial charge in [-0.25, -0.2) is 9.59 Å². The zero-order valence-corrected chi connectivity index (χ0v) is 6.24. The van der Waals surface area contributed by atoms with Crippen LogP contribution in [0.25, 0.3) is 0 Å². The van der Waals surface area contributed by atoms with Gasteiger partial charge in [0.15, 0.2) is 0 Å². The van der Waals surface area contributed by atoms with E-state index in [0.717, 1.165) is 0 Å². The van der Waals surface area contributed by atoms with Gasteiger partial charge < -0.3 is 15.6 Å². The van der Waals surface area contributed by atoms with Crippen molar-refractivity contribution < 1.29 is 19.4 Å². The Hall–Kier alpha value is -1.10. The zero-order valence-electron chi connectivity index (χ0n) is 6.24. The monoisotopic (exact) mass is 161 g/mol. The Morgan fingerprint density at radius 1 is 1.64 bits per heavy atom. The van der Waals surface area contributed by atoms with Crippen LogP contribution in [0.1, 0.15) is 13.3 Å². The van der Waals surface area contributed by atoms with Crippen molar-refractivity contribution in [3.8, 4) is 0 Å². The number of hydrogen-bond donors (Lipinski definition) is 2. The molecule has 0 unspecified atom stereocenters. The van der Waals surface area contributed by atoms with Crippen molar-refractivity contribution in [2.24, 2.45) is 5.73 Å². The number of carbonyl (C=O) groups is 2. The number of hydrogen-bond acceptors (Lipinski definition) is 4. The number of aliphatic carboxylic acids is 1. The van der Waals surface area contributed by atoms with E-state index in [9.17, 15) is 9.59 Å². The second-order valence-corrected chi connectivity index (χ2v) is 1.98. The van der Waals surface area contributed by atoms with E-state index in [-0.39, 0.29) is 6.61 Å². The van der Waals surface area contributed by atoms with Crippen LogP contribution in [0.2, 0.25) is 0 Å². The summed E-state index contributed by atoms with van der Waals surface area (Å²) in [4.78, 5) is 20.7. The Labute approximate surface area is 64.1 Å². The average molecular weight is 161 g/mol. The highest BCUT2D eigenvalue weighted by atomic mass is 16.5. The van der Waals surface area contributed by atoms with E-state index >= 15 is 0 Å². The molecule has 0 fully saturated rings. The molecule has 0 aromatic rings. The van der Waals surface area contributed by atoms with Crippen LogP contribution >= 0.6 is 0 Å². The third-order valence-electron chi connectivity index (χ3n) is 0.968. The van der Waals surface area contributed by atoms with E-state index in [1.807, 2.05) is 0 Å².